The summed E-state index contributed by atoms with van der Waals surface area (Å²) in [4.78, 5) is 4.72. The number of nitrogens with two attached hydrogens (primary N) is 1. The molecule has 4 nitrogen and oxygen atoms in total. The minimum Gasteiger partial charge on any atom is -0.339 e. The molecule has 1 unspecified atom stereocenters. The molecule has 110 valence electrons. The maximum Gasteiger partial charge on any atom is 0.232 e. The summed E-state index contributed by atoms with van der Waals surface area (Å²) >= 11 is 0. The molecule has 5 rings (SSSR count). The Labute approximate surface area is 120 Å². The molecule has 0 radical (unpaired) electrons. The number of aromatic nitrogens is 2. The van der Waals surface area contributed by atoms with Gasteiger partial charge in [0.1, 0.15) is 0 Å². The van der Waals surface area contributed by atoms with Gasteiger partial charge < -0.3 is 10.3 Å². The van der Waals surface area contributed by atoms with Crippen LogP contribution in [0.4, 0.5) is 0 Å². The zero-order valence-corrected chi connectivity index (χ0v) is 12.3. The molecule has 4 aliphatic carbocycles. The van der Waals surface area contributed by atoms with Gasteiger partial charge in [0, 0.05) is 0 Å². The molecule has 2 N–H and O–H groups in total. The van der Waals surface area contributed by atoms with Crippen molar-refractivity contribution in [3.8, 4) is 0 Å². The van der Waals surface area contributed by atoms with Crippen LogP contribution in [-0.4, -0.2) is 10.1 Å². The molecule has 4 bridgehead atoms. The van der Waals surface area contributed by atoms with E-state index in [1.807, 2.05) is 0 Å². The SMILES string of the molecule is CCCC(N)c1noc(C23CC4CC(CC(C4)C2)C3)n1. The van der Waals surface area contributed by atoms with Crippen molar-refractivity contribution in [1.82, 2.24) is 10.1 Å². The van der Waals surface area contributed by atoms with Crippen molar-refractivity contribution in [2.45, 2.75) is 69.7 Å². The van der Waals surface area contributed by atoms with E-state index in [1.54, 1.807) is 0 Å². The molecule has 0 amide bonds. The maximum atomic E-state index is 6.13. The van der Waals surface area contributed by atoms with Crippen molar-refractivity contribution in [2.24, 2.45) is 23.5 Å². The van der Waals surface area contributed by atoms with Crippen molar-refractivity contribution in [2.75, 3.05) is 0 Å². The smallest absolute Gasteiger partial charge is 0.232 e. The Morgan fingerprint density at radius 1 is 1.20 bits per heavy atom. The van der Waals surface area contributed by atoms with Crippen LogP contribution in [0.2, 0.25) is 0 Å². The minimum atomic E-state index is -0.0635. The number of hydrogen-bond acceptors (Lipinski definition) is 4. The van der Waals surface area contributed by atoms with Gasteiger partial charge in [0.25, 0.3) is 0 Å². The second-order valence-electron chi connectivity index (χ2n) is 7.55. The second kappa shape index (κ2) is 4.55. The molecular weight excluding hydrogens is 250 g/mol. The highest BCUT2D eigenvalue weighted by atomic mass is 16.5. The van der Waals surface area contributed by atoms with Gasteiger partial charge in [0.15, 0.2) is 5.82 Å². The highest BCUT2D eigenvalue weighted by molar-refractivity contribution is 5.15. The summed E-state index contributed by atoms with van der Waals surface area (Å²) in [7, 11) is 0. The minimum absolute atomic E-state index is 0.0635. The molecule has 4 heteroatoms. The molecule has 0 saturated heterocycles. The van der Waals surface area contributed by atoms with Crippen LogP contribution in [0.25, 0.3) is 0 Å². The lowest BCUT2D eigenvalue weighted by Gasteiger charge is -2.55. The first-order valence-corrected chi connectivity index (χ1v) is 8.28. The molecule has 1 heterocycles. The summed E-state index contributed by atoms with van der Waals surface area (Å²) in [6.45, 7) is 2.14. The van der Waals surface area contributed by atoms with Crippen molar-refractivity contribution in [1.29, 1.82) is 0 Å². The van der Waals surface area contributed by atoms with Crippen molar-refractivity contribution >= 4 is 0 Å². The van der Waals surface area contributed by atoms with Crippen LogP contribution in [0.5, 0.6) is 0 Å². The van der Waals surface area contributed by atoms with Crippen LogP contribution < -0.4 is 5.73 Å². The van der Waals surface area contributed by atoms with E-state index in [9.17, 15) is 0 Å². The Hall–Kier alpha value is -0.900. The zero-order valence-electron chi connectivity index (χ0n) is 12.3. The standard InChI is InChI=1S/C16H25N3O/c1-2-3-13(17)14-18-15(20-19-14)16-7-10-4-11(8-16)6-12(5-10)9-16/h10-13H,2-9,17H2,1H3. The van der Waals surface area contributed by atoms with E-state index in [2.05, 4.69) is 12.1 Å². The fourth-order valence-electron chi connectivity index (χ4n) is 5.41. The number of nitrogens with zero attached hydrogens (tertiary/aromatic N) is 2. The predicted octanol–water partition coefficient (Wildman–Crippen LogP) is 3.34. The molecule has 1 atom stereocenters. The lowest BCUT2D eigenvalue weighted by Crippen LogP contribution is -2.48. The number of rotatable bonds is 4. The van der Waals surface area contributed by atoms with E-state index in [0.29, 0.717) is 0 Å². The van der Waals surface area contributed by atoms with Gasteiger partial charge in [-0.15, -0.1) is 0 Å². The van der Waals surface area contributed by atoms with Crippen LogP contribution in [-0.2, 0) is 5.41 Å². The van der Waals surface area contributed by atoms with Gasteiger partial charge in [-0.1, -0.05) is 18.5 Å². The highest BCUT2D eigenvalue weighted by Gasteiger charge is 2.54. The molecule has 0 aliphatic heterocycles. The summed E-state index contributed by atoms with van der Waals surface area (Å²) in [5.74, 6) is 4.33. The van der Waals surface area contributed by atoms with E-state index >= 15 is 0 Å². The van der Waals surface area contributed by atoms with Gasteiger partial charge >= 0.3 is 0 Å². The van der Waals surface area contributed by atoms with E-state index in [4.69, 9.17) is 15.2 Å². The van der Waals surface area contributed by atoms with Gasteiger partial charge in [-0.25, -0.2) is 0 Å². The van der Waals surface area contributed by atoms with E-state index in [-0.39, 0.29) is 11.5 Å². The van der Waals surface area contributed by atoms with Gasteiger partial charge in [-0.2, -0.15) is 4.98 Å². The fraction of sp³-hybridized carbons (Fsp3) is 0.875. The van der Waals surface area contributed by atoms with Crippen LogP contribution in [0, 0.1) is 17.8 Å². The Morgan fingerprint density at radius 2 is 1.80 bits per heavy atom. The topological polar surface area (TPSA) is 64.9 Å². The van der Waals surface area contributed by atoms with Crippen molar-refractivity contribution in [3.05, 3.63) is 11.7 Å². The fourth-order valence-corrected chi connectivity index (χ4v) is 5.41. The first-order valence-electron chi connectivity index (χ1n) is 8.28. The Kier molecular flexibility index (Phi) is 2.92. The van der Waals surface area contributed by atoms with E-state index in [0.717, 1.165) is 42.3 Å². The first-order chi connectivity index (χ1) is 9.68. The summed E-state index contributed by atoms with van der Waals surface area (Å²) < 4.78 is 5.68. The third-order valence-electron chi connectivity index (χ3n) is 5.86. The predicted molar refractivity (Wildman–Crippen MR) is 76.0 cm³/mol. The first kappa shape index (κ1) is 12.8. The Morgan fingerprint density at radius 3 is 2.35 bits per heavy atom. The van der Waals surface area contributed by atoms with Gasteiger partial charge in [-0.3, -0.25) is 0 Å². The second-order valence-corrected chi connectivity index (χ2v) is 7.55. The van der Waals surface area contributed by atoms with Crippen LogP contribution in [0.3, 0.4) is 0 Å². The molecule has 0 spiro atoms. The Balaban J connectivity index is 1.61. The molecule has 4 fully saturated rings. The monoisotopic (exact) mass is 275 g/mol. The van der Waals surface area contributed by atoms with Crippen LogP contribution >= 0.6 is 0 Å². The Bertz CT molecular complexity index is 460. The van der Waals surface area contributed by atoms with Crippen molar-refractivity contribution in [3.63, 3.8) is 0 Å². The largest absolute Gasteiger partial charge is 0.339 e. The van der Waals surface area contributed by atoms with E-state index < -0.39 is 0 Å². The molecule has 4 aliphatic rings. The summed E-state index contributed by atoms with van der Waals surface area (Å²) in [6, 6.07) is -0.0635. The molecule has 1 aromatic heterocycles. The molecule has 1 aromatic rings. The lowest BCUT2D eigenvalue weighted by molar-refractivity contribution is -0.0201. The zero-order chi connectivity index (χ0) is 13.7. The normalized spacial score (nSPS) is 40.2. The maximum absolute atomic E-state index is 6.13. The third kappa shape index (κ3) is 1.92. The highest BCUT2D eigenvalue weighted by Crippen LogP contribution is 2.60. The number of hydrogen-bond donors (Lipinski definition) is 1. The lowest BCUT2D eigenvalue weighted by atomic mass is 9.49. The van der Waals surface area contributed by atoms with Crippen molar-refractivity contribution < 1.29 is 4.52 Å². The third-order valence-corrected chi connectivity index (χ3v) is 5.86. The average Bonchev–Trinajstić information content (AvgIpc) is 2.87. The average molecular weight is 275 g/mol. The summed E-state index contributed by atoms with van der Waals surface area (Å²) in [5, 5.41) is 4.18. The quantitative estimate of drug-likeness (QED) is 0.915. The molecule has 4 saturated carbocycles. The van der Waals surface area contributed by atoms with Crippen LogP contribution in [0.15, 0.2) is 4.52 Å². The summed E-state index contributed by atoms with van der Waals surface area (Å²) in [6.07, 6.45) is 10.1. The molecule has 0 aromatic carbocycles. The van der Waals surface area contributed by atoms with Gasteiger partial charge in [0.05, 0.1) is 11.5 Å². The van der Waals surface area contributed by atoms with Gasteiger partial charge in [0.2, 0.25) is 5.89 Å². The van der Waals surface area contributed by atoms with Gasteiger partial charge in [-0.05, 0) is 62.7 Å². The molecule has 20 heavy (non-hydrogen) atoms. The van der Waals surface area contributed by atoms with Crippen LogP contribution in [0.1, 0.15) is 76.0 Å². The molecular formula is C16H25N3O. The van der Waals surface area contributed by atoms with E-state index in [1.165, 1.54) is 38.5 Å². The summed E-state index contributed by atoms with van der Waals surface area (Å²) in [5.41, 5.74) is 6.33.